The summed E-state index contributed by atoms with van der Waals surface area (Å²) in [5.41, 5.74) is 9.62. The lowest BCUT2D eigenvalue weighted by Crippen LogP contribution is -2.51. The Bertz CT molecular complexity index is 1310. The fourth-order valence-corrected chi connectivity index (χ4v) is 8.17. The lowest BCUT2D eigenvalue weighted by atomic mass is 9.52. The lowest BCUT2D eigenvalue weighted by Gasteiger charge is -2.49. The first-order chi connectivity index (χ1) is 15.2. The second-order valence-electron chi connectivity index (χ2n) is 10.6. The third-order valence-corrected chi connectivity index (χ3v) is 10.0. The Balaban J connectivity index is 1.84. The normalized spacial score (nSPS) is 33.1. The van der Waals surface area contributed by atoms with E-state index in [0.717, 1.165) is 16.7 Å². The quantitative estimate of drug-likeness (QED) is 0.581. The maximum Gasteiger partial charge on any atom is 0.0681 e. The average Bonchev–Trinajstić information content (AvgIpc) is 3.18. The first-order valence-electron chi connectivity index (χ1n) is 11.5. The monoisotopic (exact) mass is 426 g/mol. The van der Waals surface area contributed by atoms with Crippen molar-refractivity contribution >= 4 is 0 Å². The Morgan fingerprint density at radius 3 is 1.06 bits per heavy atom. The van der Waals surface area contributed by atoms with Crippen LogP contribution in [-0.2, 0) is 36.1 Å². The Labute approximate surface area is 189 Å². The Kier molecular flexibility index (Phi) is 3.72. The van der Waals surface area contributed by atoms with Crippen LogP contribution in [0.5, 0.6) is 0 Å². The number of hydrogen-bond donors (Lipinski definition) is 3. The fraction of sp³-hybridized carbons (Fsp3) is 0.379. The van der Waals surface area contributed by atoms with Gasteiger partial charge in [0.1, 0.15) is 0 Å². The first-order valence-corrected chi connectivity index (χ1v) is 11.5. The van der Waals surface area contributed by atoms with E-state index < -0.39 is 0 Å². The SMILES string of the molecule is C[C@]12c3ccc(CO)cc3[C@]3(C)c4cc(CO)ccc4[C@](C)(c4cc(CO)ccc41)[C@]23C. The van der Waals surface area contributed by atoms with Gasteiger partial charge in [0.05, 0.1) is 19.8 Å². The van der Waals surface area contributed by atoms with Crippen LogP contribution in [0.4, 0.5) is 0 Å². The van der Waals surface area contributed by atoms with Gasteiger partial charge in [-0.25, -0.2) is 0 Å². The predicted octanol–water partition coefficient (Wildman–Crippen LogP) is 4.43. The second kappa shape index (κ2) is 5.91. The zero-order valence-electron chi connectivity index (χ0n) is 19.2. The van der Waals surface area contributed by atoms with Crippen LogP contribution >= 0.6 is 0 Å². The molecule has 0 fully saturated rings. The van der Waals surface area contributed by atoms with Crippen molar-refractivity contribution in [1.82, 2.24) is 0 Å². The van der Waals surface area contributed by atoms with Gasteiger partial charge in [0, 0.05) is 21.7 Å². The number of hydrogen-bond acceptors (Lipinski definition) is 3. The molecule has 32 heavy (non-hydrogen) atoms. The molecule has 0 spiro atoms. The van der Waals surface area contributed by atoms with E-state index in [1.165, 1.54) is 33.4 Å². The van der Waals surface area contributed by atoms with Crippen LogP contribution in [0, 0.1) is 5.41 Å². The minimum atomic E-state index is -0.296. The largest absolute Gasteiger partial charge is 0.392 e. The molecule has 3 aromatic carbocycles. The molecule has 3 N–H and O–H groups in total. The van der Waals surface area contributed by atoms with E-state index in [2.05, 4.69) is 76.2 Å². The minimum Gasteiger partial charge on any atom is -0.392 e. The summed E-state index contributed by atoms with van der Waals surface area (Å²) >= 11 is 0. The smallest absolute Gasteiger partial charge is 0.0681 e. The molecule has 3 aromatic rings. The zero-order valence-corrected chi connectivity index (χ0v) is 19.2. The van der Waals surface area contributed by atoms with Gasteiger partial charge < -0.3 is 15.3 Å². The van der Waals surface area contributed by atoms with Gasteiger partial charge in [-0.3, -0.25) is 0 Å². The van der Waals surface area contributed by atoms with Crippen LogP contribution < -0.4 is 0 Å². The summed E-state index contributed by atoms with van der Waals surface area (Å²) in [6.07, 6.45) is 0. The van der Waals surface area contributed by atoms with Crippen LogP contribution in [0.15, 0.2) is 54.6 Å². The van der Waals surface area contributed by atoms with Crippen molar-refractivity contribution in [2.45, 2.75) is 63.8 Å². The summed E-state index contributed by atoms with van der Waals surface area (Å²) in [4.78, 5) is 0. The molecule has 0 amide bonds. The van der Waals surface area contributed by atoms with Crippen LogP contribution in [-0.4, -0.2) is 15.3 Å². The van der Waals surface area contributed by atoms with Gasteiger partial charge in [-0.15, -0.1) is 0 Å². The number of aliphatic hydroxyl groups is 3. The fourth-order valence-electron chi connectivity index (χ4n) is 8.17. The topological polar surface area (TPSA) is 60.7 Å². The standard InChI is InChI=1S/C29H30O3/c1-26-20-8-5-17(14-30)11-23(20)27(2)22-10-7-19(16-32)13-25(22)28(3,29(26,27)4)24-12-18(15-31)6-9-21(24)26/h5-13,30-32H,14-16H2,1-4H3/t26-,27-,28-,29+/m1/s1. The van der Waals surface area contributed by atoms with Gasteiger partial charge in [0.15, 0.2) is 0 Å². The molecule has 164 valence electrons. The van der Waals surface area contributed by atoms with Crippen molar-refractivity contribution in [2.75, 3.05) is 0 Å². The van der Waals surface area contributed by atoms with E-state index in [1.54, 1.807) is 0 Å². The lowest BCUT2D eigenvalue weighted by molar-refractivity contribution is 0.0996. The molecule has 4 atom stereocenters. The molecule has 3 nitrogen and oxygen atoms in total. The number of aliphatic hydroxyl groups excluding tert-OH is 3. The van der Waals surface area contributed by atoms with E-state index in [9.17, 15) is 15.3 Å². The van der Waals surface area contributed by atoms with Crippen molar-refractivity contribution in [2.24, 2.45) is 5.41 Å². The molecule has 0 aliphatic heterocycles. The van der Waals surface area contributed by atoms with Gasteiger partial charge in [-0.2, -0.15) is 0 Å². The molecule has 0 aromatic heterocycles. The number of fused-ring (bicyclic) bond motifs is 9. The Morgan fingerprint density at radius 1 is 0.469 bits per heavy atom. The van der Waals surface area contributed by atoms with E-state index in [0.29, 0.717) is 0 Å². The molecule has 0 unspecified atom stereocenters. The molecule has 0 heterocycles. The van der Waals surface area contributed by atoms with Gasteiger partial charge >= 0.3 is 0 Å². The maximum atomic E-state index is 9.95. The van der Waals surface area contributed by atoms with Gasteiger partial charge in [0.2, 0.25) is 0 Å². The average molecular weight is 427 g/mol. The van der Waals surface area contributed by atoms with Gasteiger partial charge in [0.25, 0.3) is 0 Å². The third kappa shape index (κ3) is 1.74. The Morgan fingerprint density at radius 2 is 0.750 bits per heavy atom. The summed E-state index contributed by atoms with van der Waals surface area (Å²) < 4.78 is 0. The third-order valence-electron chi connectivity index (χ3n) is 10.0. The predicted molar refractivity (Wildman–Crippen MR) is 125 cm³/mol. The molecule has 0 saturated carbocycles. The molecule has 0 radical (unpaired) electrons. The Hall–Kier alpha value is -2.46. The van der Waals surface area contributed by atoms with E-state index in [-0.39, 0.29) is 41.5 Å². The van der Waals surface area contributed by atoms with Crippen molar-refractivity contribution in [3.05, 3.63) is 105 Å². The highest BCUT2D eigenvalue weighted by Crippen LogP contribution is 2.82. The molecular formula is C29H30O3. The van der Waals surface area contributed by atoms with Crippen molar-refractivity contribution in [3.63, 3.8) is 0 Å². The van der Waals surface area contributed by atoms with Crippen LogP contribution in [0.25, 0.3) is 0 Å². The van der Waals surface area contributed by atoms with E-state index in [1.807, 2.05) is 6.07 Å². The van der Waals surface area contributed by atoms with Crippen molar-refractivity contribution < 1.29 is 15.3 Å². The number of rotatable bonds is 3. The van der Waals surface area contributed by atoms with Crippen LogP contribution in [0.1, 0.15) is 77.8 Å². The number of benzene rings is 3. The van der Waals surface area contributed by atoms with Gasteiger partial charge in [-0.05, 0) is 50.1 Å². The minimum absolute atomic E-state index is 0.0167. The summed E-state index contributed by atoms with van der Waals surface area (Å²) in [6, 6.07) is 19.4. The second-order valence-corrected chi connectivity index (χ2v) is 10.6. The highest BCUT2D eigenvalue weighted by atomic mass is 16.3. The molecule has 0 bridgehead atoms. The molecule has 6 rings (SSSR count). The van der Waals surface area contributed by atoms with Crippen LogP contribution in [0.2, 0.25) is 0 Å². The summed E-state index contributed by atoms with van der Waals surface area (Å²) in [7, 11) is 0. The van der Waals surface area contributed by atoms with Crippen LogP contribution in [0.3, 0.4) is 0 Å². The molecule has 3 heteroatoms. The van der Waals surface area contributed by atoms with Crippen molar-refractivity contribution in [3.8, 4) is 0 Å². The zero-order chi connectivity index (χ0) is 22.7. The summed E-state index contributed by atoms with van der Waals surface area (Å²) in [6.45, 7) is 9.62. The maximum absolute atomic E-state index is 9.95. The summed E-state index contributed by atoms with van der Waals surface area (Å²) in [5, 5.41) is 29.8. The highest BCUT2D eigenvalue weighted by molar-refractivity contribution is 5.77. The molecule has 0 saturated heterocycles. The molecular weight excluding hydrogens is 396 g/mol. The van der Waals surface area contributed by atoms with Crippen molar-refractivity contribution in [1.29, 1.82) is 0 Å². The highest BCUT2D eigenvalue weighted by Gasteiger charge is 2.79. The first kappa shape index (κ1) is 20.2. The van der Waals surface area contributed by atoms with Gasteiger partial charge in [-0.1, -0.05) is 82.3 Å². The van der Waals surface area contributed by atoms with E-state index >= 15 is 0 Å². The van der Waals surface area contributed by atoms with E-state index in [4.69, 9.17) is 0 Å². The summed E-state index contributed by atoms with van der Waals surface area (Å²) in [5.74, 6) is 0. The molecule has 3 aliphatic carbocycles. The molecule has 3 aliphatic rings.